The average molecular weight is 318 g/mol. The van der Waals surface area contributed by atoms with Crippen molar-refractivity contribution in [2.75, 3.05) is 6.61 Å². The van der Waals surface area contributed by atoms with E-state index in [0.717, 1.165) is 12.8 Å². The fourth-order valence-corrected chi connectivity index (χ4v) is 2.87. The third-order valence-electron chi connectivity index (χ3n) is 3.83. The minimum atomic E-state index is -2.11. The highest BCUT2D eigenvalue weighted by Crippen LogP contribution is 2.38. The first kappa shape index (κ1) is 20.1. The van der Waals surface area contributed by atoms with Crippen LogP contribution < -0.4 is 0 Å². The molecule has 1 N–H and O–H groups in total. The molecule has 0 saturated heterocycles. The average Bonchev–Trinajstić information content (AvgIpc) is 2.25. The Bertz CT molecular complexity index is 346. The maximum Gasteiger partial charge on any atom is 0.308 e. The van der Waals surface area contributed by atoms with Gasteiger partial charge in [0, 0.05) is 0 Å². The lowest BCUT2D eigenvalue weighted by Gasteiger charge is -2.38. The molecular weight excluding hydrogens is 288 g/mol. The molecule has 0 heterocycles. The summed E-state index contributed by atoms with van der Waals surface area (Å²) in [6.45, 7) is 12.7. The summed E-state index contributed by atoms with van der Waals surface area (Å²) in [5, 5.41) is 8.96. The molecule has 0 saturated carbocycles. The topological polar surface area (TPSA) is 72.8 Å². The number of esters is 1. The third kappa shape index (κ3) is 8.21. The quantitative estimate of drug-likeness (QED) is 0.399. The van der Waals surface area contributed by atoms with Gasteiger partial charge in [0.2, 0.25) is 0 Å². The first-order valence-electron chi connectivity index (χ1n) is 7.55. The van der Waals surface area contributed by atoms with Crippen LogP contribution in [0.15, 0.2) is 0 Å². The fourth-order valence-electron chi connectivity index (χ4n) is 1.52. The normalized spacial score (nSPS) is 13.8. The second-order valence-electron chi connectivity index (χ2n) is 6.88. The van der Waals surface area contributed by atoms with Crippen molar-refractivity contribution >= 4 is 20.3 Å². The first-order chi connectivity index (χ1) is 9.49. The van der Waals surface area contributed by atoms with E-state index >= 15 is 0 Å². The van der Waals surface area contributed by atoms with Crippen LogP contribution in [-0.2, 0) is 18.8 Å². The van der Waals surface area contributed by atoms with E-state index in [1.165, 1.54) is 0 Å². The van der Waals surface area contributed by atoms with Gasteiger partial charge in [-0.05, 0) is 24.6 Å². The molecule has 21 heavy (non-hydrogen) atoms. The fraction of sp³-hybridized carbons (Fsp3) is 0.867. The molecule has 0 bridgehead atoms. The van der Waals surface area contributed by atoms with Gasteiger partial charge in [-0.3, -0.25) is 9.59 Å². The summed E-state index contributed by atoms with van der Waals surface area (Å²) in [7, 11) is -2.11. The summed E-state index contributed by atoms with van der Waals surface area (Å²) in [6, 6.07) is 0. The number of aliphatic carboxylic acids is 1. The van der Waals surface area contributed by atoms with Crippen molar-refractivity contribution in [3.8, 4) is 0 Å². The molecule has 0 aliphatic heterocycles. The summed E-state index contributed by atoms with van der Waals surface area (Å²) in [5.74, 6) is -1.34. The second kappa shape index (κ2) is 8.53. The van der Waals surface area contributed by atoms with Crippen LogP contribution in [0, 0.1) is 0 Å². The van der Waals surface area contributed by atoms with Crippen molar-refractivity contribution in [3.05, 3.63) is 0 Å². The van der Waals surface area contributed by atoms with Gasteiger partial charge in [0.15, 0.2) is 8.32 Å². The number of carboxylic acids is 1. The van der Waals surface area contributed by atoms with Gasteiger partial charge in [-0.1, -0.05) is 34.1 Å². The van der Waals surface area contributed by atoms with Crippen LogP contribution in [0.25, 0.3) is 0 Å². The van der Waals surface area contributed by atoms with E-state index in [1.54, 1.807) is 0 Å². The zero-order valence-electron chi connectivity index (χ0n) is 14.2. The van der Waals surface area contributed by atoms with Crippen LogP contribution >= 0.6 is 0 Å². The van der Waals surface area contributed by atoms with Gasteiger partial charge in [-0.2, -0.15) is 0 Å². The van der Waals surface area contributed by atoms with E-state index in [9.17, 15) is 9.59 Å². The lowest BCUT2D eigenvalue weighted by molar-refractivity contribution is -0.147. The third-order valence-corrected chi connectivity index (χ3v) is 8.36. The molecule has 0 aromatic heterocycles. The van der Waals surface area contributed by atoms with Gasteiger partial charge < -0.3 is 14.3 Å². The zero-order chi connectivity index (χ0) is 16.7. The van der Waals surface area contributed by atoms with E-state index in [0.29, 0.717) is 6.61 Å². The lowest BCUT2D eigenvalue weighted by Crippen LogP contribution is -2.45. The Morgan fingerprint density at radius 3 is 2.19 bits per heavy atom. The molecule has 1 atom stereocenters. The number of carbonyl (C=O) groups excluding carboxylic acids is 1. The molecular formula is C15H30O5Si. The van der Waals surface area contributed by atoms with Crippen LogP contribution in [0.4, 0.5) is 0 Å². The lowest BCUT2D eigenvalue weighted by atomic mass is 10.2. The van der Waals surface area contributed by atoms with E-state index < -0.39 is 20.4 Å². The zero-order valence-corrected chi connectivity index (χ0v) is 15.2. The van der Waals surface area contributed by atoms with Crippen molar-refractivity contribution in [1.82, 2.24) is 0 Å². The summed E-state index contributed by atoms with van der Waals surface area (Å²) in [5.41, 5.74) is 0. The molecule has 124 valence electrons. The van der Waals surface area contributed by atoms with Crippen molar-refractivity contribution in [2.45, 2.75) is 77.6 Å². The number of carbonyl (C=O) groups is 2. The number of unbranched alkanes of at least 4 members (excludes halogenated alkanes) is 1. The van der Waals surface area contributed by atoms with Crippen LogP contribution in [0.5, 0.6) is 0 Å². The Morgan fingerprint density at radius 1 is 1.19 bits per heavy atom. The number of hydrogen-bond donors (Lipinski definition) is 1. The standard InChI is InChI=1S/C15H30O5Si/c1-7-8-9-19-14(18)11-12(10-13(16)17)20-21(5,6)15(2,3)4/h12H,7-11H2,1-6H3,(H,16,17). The smallest absolute Gasteiger partial charge is 0.308 e. The Balaban J connectivity index is 4.66. The second-order valence-corrected chi connectivity index (χ2v) is 11.6. The van der Waals surface area contributed by atoms with Gasteiger partial charge in [0.25, 0.3) is 0 Å². The predicted octanol–water partition coefficient (Wildman–Crippen LogP) is 3.58. The van der Waals surface area contributed by atoms with Gasteiger partial charge in [-0.15, -0.1) is 0 Å². The highest BCUT2D eigenvalue weighted by Gasteiger charge is 2.40. The van der Waals surface area contributed by atoms with E-state index in [-0.39, 0.29) is 23.8 Å². The highest BCUT2D eigenvalue weighted by molar-refractivity contribution is 6.74. The number of rotatable bonds is 9. The minimum Gasteiger partial charge on any atom is -0.481 e. The molecule has 0 aromatic rings. The van der Waals surface area contributed by atoms with Crippen molar-refractivity contribution in [2.24, 2.45) is 0 Å². The van der Waals surface area contributed by atoms with Crippen molar-refractivity contribution < 1.29 is 23.9 Å². The molecule has 0 amide bonds. The van der Waals surface area contributed by atoms with Crippen molar-refractivity contribution in [1.29, 1.82) is 0 Å². The van der Waals surface area contributed by atoms with E-state index in [2.05, 4.69) is 20.8 Å². The Kier molecular flexibility index (Phi) is 8.17. The summed E-state index contributed by atoms with van der Waals surface area (Å²) < 4.78 is 11.1. The molecule has 1 unspecified atom stereocenters. The van der Waals surface area contributed by atoms with Gasteiger partial charge in [0.1, 0.15) is 0 Å². The Hall–Kier alpha value is -0.883. The van der Waals surface area contributed by atoms with Crippen molar-refractivity contribution in [3.63, 3.8) is 0 Å². The summed E-state index contributed by atoms with van der Waals surface area (Å²) >= 11 is 0. The molecule has 0 spiro atoms. The molecule has 0 aliphatic rings. The number of ether oxygens (including phenoxy) is 1. The molecule has 5 nitrogen and oxygen atoms in total. The maximum atomic E-state index is 11.8. The molecule has 0 aromatic carbocycles. The predicted molar refractivity (Wildman–Crippen MR) is 84.8 cm³/mol. The van der Waals surface area contributed by atoms with E-state index in [4.69, 9.17) is 14.3 Å². The molecule has 0 rings (SSSR count). The number of carboxylic acid groups (broad SMARTS) is 1. The van der Waals surface area contributed by atoms with Gasteiger partial charge in [-0.25, -0.2) is 0 Å². The minimum absolute atomic E-state index is 0.00250. The molecule has 0 radical (unpaired) electrons. The Morgan fingerprint density at radius 2 is 1.76 bits per heavy atom. The van der Waals surface area contributed by atoms with Crippen LogP contribution in [0.2, 0.25) is 18.1 Å². The highest BCUT2D eigenvalue weighted by atomic mass is 28.4. The summed E-state index contributed by atoms with van der Waals surface area (Å²) in [4.78, 5) is 22.7. The SMILES string of the molecule is CCCCOC(=O)CC(CC(=O)O)O[Si](C)(C)C(C)(C)C. The Labute approximate surface area is 129 Å². The van der Waals surface area contributed by atoms with Crippen LogP contribution in [0.3, 0.4) is 0 Å². The molecule has 6 heteroatoms. The maximum absolute atomic E-state index is 11.8. The van der Waals surface area contributed by atoms with Crippen LogP contribution in [-0.4, -0.2) is 38.1 Å². The van der Waals surface area contributed by atoms with Gasteiger partial charge in [0.05, 0.1) is 25.6 Å². The van der Waals surface area contributed by atoms with Gasteiger partial charge >= 0.3 is 11.9 Å². The first-order valence-corrected chi connectivity index (χ1v) is 10.5. The largest absolute Gasteiger partial charge is 0.481 e. The number of hydrogen-bond acceptors (Lipinski definition) is 4. The van der Waals surface area contributed by atoms with Crippen LogP contribution in [0.1, 0.15) is 53.4 Å². The molecule has 0 fully saturated rings. The monoisotopic (exact) mass is 318 g/mol. The molecule has 0 aliphatic carbocycles. The summed E-state index contributed by atoms with van der Waals surface area (Å²) in [6.07, 6.45) is 0.986. The van der Waals surface area contributed by atoms with E-state index in [1.807, 2.05) is 20.0 Å².